The topological polar surface area (TPSA) is 65.3 Å². The summed E-state index contributed by atoms with van der Waals surface area (Å²) in [5.74, 6) is 0.633. The maximum atomic E-state index is 11.1. The number of nitrogens with zero attached hydrogens (tertiary/aromatic N) is 2. The van der Waals surface area contributed by atoms with Gasteiger partial charge < -0.3 is 4.74 Å². The SMILES string of the molecule is CC(C)Oc1cccc(-c2nc(Cl)ccc2[N+](=O)[O-])c1. The summed E-state index contributed by atoms with van der Waals surface area (Å²) in [7, 11) is 0. The van der Waals surface area contributed by atoms with Crippen LogP contribution in [0, 0.1) is 10.1 Å². The van der Waals surface area contributed by atoms with Crippen molar-refractivity contribution in [3.05, 3.63) is 51.7 Å². The van der Waals surface area contributed by atoms with Gasteiger partial charge in [0.15, 0.2) is 0 Å². The van der Waals surface area contributed by atoms with E-state index in [9.17, 15) is 10.1 Å². The fraction of sp³-hybridized carbons (Fsp3) is 0.214. The second-order valence-electron chi connectivity index (χ2n) is 4.45. The molecule has 0 saturated carbocycles. The van der Waals surface area contributed by atoms with Gasteiger partial charge in [-0.05, 0) is 32.0 Å². The summed E-state index contributed by atoms with van der Waals surface area (Å²) < 4.78 is 5.58. The summed E-state index contributed by atoms with van der Waals surface area (Å²) in [4.78, 5) is 14.6. The molecule has 0 aliphatic carbocycles. The molecule has 0 aliphatic heterocycles. The standard InChI is InChI=1S/C14H13ClN2O3/c1-9(2)20-11-5-3-4-10(8-11)14-12(17(18)19)6-7-13(15)16-14/h3-9H,1-2H3. The molecule has 1 aromatic carbocycles. The molecule has 2 aromatic rings. The molecule has 1 heterocycles. The van der Waals surface area contributed by atoms with E-state index in [0.717, 1.165) is 0 Å². The Morgan fingerprint density at radius 3 is 2.70 bits per heavy atom. The lowest BCUT2D eigenvalue weighted by molar-refractivity contribution is -0.384. The van der Waals surface area contributed by atoms with Crippen LogP contribution in [0.3, 0.4) is 0 Å². The van der Waals surface area contributed by atoms with Crippen molar-refractivity contribution < 1.29 is 9.66 Å². The van der Waals surface area contributed by atoms with E-state index in [1.807, 2.05) is 13.8 Å². The molecule has 104 valence electrons. The number of pyridine rings is 1. The Labute approximate surface area is 121 Å². The molecule has 0 atom stereocenters. The fourth-order valence-corrected chi connectivity index (χ4v) is 1.92. The predicted molar refractivity (Wildman–Crippen MR) is 77.1 cm³/mol. The molecule has 0 bridgehead atoms. The van der Waals surface area contributed by atoms with Crippen LogP contribution in [0.1, 0.15) is 13.8 Å². The third-order valence-electron chi connectivity index (χ3n) is 2.52. The van der Waals surface area contributed by atoms with Gasteiger partial charge in [0.05, 0.1) is 11.0 Å². The van der Waals surface area contributed by atoms with Crippen LogP contribution in [0.15, 0.2) is 36.4 Å². The Bertz CT molecular complexity index is 644. The highest BCUT2D eigenvalue weighted by Crippen LogP contribution is 2.31. The molecule has 0 aliphatic rings. The Morgan fingerprint density at radius 2 is 2.05 bits per heavy atom. The van der Waals surface area contributed by atoms with Crippen molar-refractivity contribution in [2.75, 3.05) is 0 Å². The molecule has 0 amide bonds. The summed E-state index contributed by atoms with van der Waals surface area (Å²) in [6, 6.07) is 9.75. The first-order chi connectivity index (χ1) is 9.47. The number of nitro groups is 1. The summed E-state index contributed by atoms with van der Waals surface area (Å²) >= 11 is 5.83. The molecule has 5 nitrogen and oxygen atoms in total. The van der Waals surface area contributed by atoms with E-state index in [2.05, 4.69) is 4.98 Å². The van der Waals surface area contributed by atoms with Gasteiger partial charge in [0.2, 0.25) is 0 Å². The van der Waals surface area contributed by atoms with Crippen LogP contribution < -0.4 is 4.74 Å². The zero-order chi connectivity index (χ0) is 14.7. The van der Waals surface area contributed by atoms with Crippen LogP contribution in [0.25, 0.3) is 11.3 Å². The molecule has 1 aromatic heterocycles. The van der Waals surface area contributed by atoms with Crippen molar-refractivity contribution in [1.82, 2.24) is 4.98 Å². The zero-order valence-corrected chi connectivity index (χ0v) is 11.8. The largest absolute Gasteiger partial charge is 0.491 e. The van der Waals surface area contributed by atoms with Crippen molar-refractivity contribution in [3.8, 4) is 17.0 Å². The van der Waals surface area contributed by atoms with Gasteiger partial charge in [-0.15, -0.1) is 0 Å². The van der Waals surface area contributed by atoms with Crippen LogP contribution >= 0.6 is 11.6 Å². The van der Waals surface area contributed by atoms with Gasteiger partial charge in [0, 0.05) is 11.6 Å². The lowest BCUT2D eigenvalue weighted by Gasteiger charge is -2.10. The van der Waals surface area contributed by atoms with Gasteiger partial charge in [0.1, 0.15) is 16.6 Å². The van der Waals surface area contributed by atoms with E-state index in [0.29, 0.717) is 11.3 Å². The number of rotatable bonds is 4. The maximum Gasteiger partial charge on any atom is 0.295 e. The minimum Gasteiger partial charge on any atom is -0.491 e. The van der Waals surface area contributed by atoms with Crippen LogP contribution in [0.2, 0.25) is 5.15 Å². The molecule has 0 spiro atoms. The first-order valence-electron chi connectivity index (χ1n) is 6.05. The molecule has 0 radical (unpaired) electrons. The number of ether oxygens (including phenoxy) is 1. The smallest absolute Gasteiger partial charge is 0.295 e. The Kier molecular flexibility index (Phi) is 4.20. The Morgan fingerprint density at radius 1 is 1.30 bits per heavy atom. The second-order valence-corrected chi connectivity index (χ2v) is 4.84. The number of hydrogen-bond donors (Lipinski definition) is 0. The molecule has 20 heavy (non-hydrogen) atoms. The number of halogens is 1. The quantitative estimate of drug-likeness (QED) is 0.483. The van der Waals surface area contributed by atoms with Crippen LogP contribution in [-0.2, 0) is 0 Å². The van der Waals surface area contributed by atoms with Crippen molar-refractivity contribution in [2.24, 2.45) is 0 Å². The van der Waals surface area contributed by atoms with Gasteiger partial charge >= 0.3 is 0 Å². The van der Waals surface area contributed by atoms with Gasteiger partial charge in [-0.2, -0.15) is 0 Å². The molecule has 2 rings (SSSR count). The van der Waals surface area contributed by atoms with Crippen molar-refractivity contribution >= 4 is 17.3 Å². The summed E-state index contributed by atoms with van der Waals surface area (Å²) in [6.45, 7) is 3.82. The normalized spacial score (nSPS) is 10.6. The molecule has 0 saturated heterocycles. The number of hydrogen-bond acceptors (Lipinski definition) is 4. The van der Waals surface area contributed by atoms with E-state index >= 15 is 0 Å². The van der Waals surface area contributed by atoms with Gasteiger partial charge in [-0.3, -0.25) is 10.1 Å². The van der Waals surface area contributed by atoms with Gasteiger partial charge in [-0.25, -0.2) is 4.98 Å². The monoisotopic (exact) mass is 292 g/mol. The van der Waals surface area contributed by atoms with Crippen molar-refractivity contribution in [1.29, 1.82) is 0 Å². The minimum atomic E-state index is -0.478. The van der Waals surface area contributed by atoms with E-state index in [-0.39, 0.29) is 22.6 Å². The van der Waals surface area contributed by atoms with Gasteiger partial charge in [0.25, 0.3) is 5.69 Å². The lowest BCUT2D eigenvalue weighted by atomic mass is 10.1. The molecule has 0 fully saturated rings. The third-order valence-corrected chi connectivity index (χ3v) is 2.73. The summed E-state index contributed by atoms with van der Waals surface area (Å²) in [5.41, 5.74) is 0.741. The second kappa shape index (κ2) is 5.88. The molecule has 6 heteroatoms. The van der Waals surface area contributed by atoms with Crippen LogP contribution in [0.4, 0.5) is 5.69 Å². The Balaban J connectivity index is 2.50. The molecular weight excluding hydrogens is 280 g/mol. The van der Waals surface area contributed by atoms with E-state index in [1.165, 1.54) is 12.1 Å². The van der Waals surface area contributed by atoms with Crippen molar-refractivity contribution in [3.63, 3.8) is 0 Å². The highest BCUT2D eigenvalue weighted by molar-refractivity contribution is 6.29. The lowest BCUT2D eigenvalue weighted by Crippen LogP contribution is -2.05. The Hall–Kier alpha value is -2.14. The highest BCUT2D eigenvalue weighted by Gasteiger charge is 2.18. The third kappa shape index (κ3) is 3.24. The van der Waals surface area contributed by atoms with Crippen LogP contribution in [0.5, 0.6) is 5.75 Å². The van der Waals surface area contributed by atoms with Crippen LogP contribution in [-0.4, -0.2) is 16.0 Å². The van der Waals surface area contributed by atoms with Crippen molar-refractivity contribution in [2.45, 2.75) is 20.0 Å². The first kappa shape index (κ1) is 14.3. The predicted octanol–water partition coefficient (Wildman–Crippen LogP) is 4.10. The number of aromatic nitrogens is 1. The molecule has 0 N–H and O–H groups in total. The van der Waals surface area contributed by atoms with E-state index in [1.54, 1.807) is 24.3 Å². The highest BCUT2D eigenvalue weighted by atomic mass is 35.5. The first-order valence-corrected chi connectivity index (χ1v) is 6.43. The average molecular weight is 293 g/mol. The summed E-state index contributed by atoms with van der Waals surface area (Å²) in [6.07, 6.45) is 0.0209. The van der Waals surface area contributed by atoms with E-state index in [4.69, 9.17) is 16.3 Å². The van der Waals surface area contributed by atoms with Gasteiger partial charge in [-0.1, -0.05) is 23.7 Å². The zero-order valence-electron chi connectivity index (χ0n) is 11.0. The number of benzene rings is 1. The molecule has 0 unspecified atom stereocenters. The average Bonchev–Trinajstić information content (AvgIpc) is 2.37. The van der Waals surface area contributed by atoms with E-state index < -0.39 is 4.92 Å². The maximum absolute atomic E-state index is 11.1. The summed E-state index contributed by atoms with van der Waals surface area (Å²) in [5, 5.41) is 11.3. The fourth-order valence-electron chi connectivity index (χ4n) is 1.78. The minimum absolute atomic E-state index is 0.0209. The molecular formula is C14H13ClN2O3.